The molecule has 7 heteroatoms. The third-order valence-corrected chi connectivity index (χ3v) is 5.94. The quantitative estimate of drug-likeness (QED) is 0.555. The zero-order valence-corrected chi connectivity index (χ0v) is 17.6. The summed E-state index contributed by atoms with van der Waals surface area (Å²) in [5.41, 5.74) is 2.14. The van der Waals surface area contributed by atoms with Crippen molar-refractivity contribution in [2.24, 2.45) is 4.99 Å². The van der Waals surface area contributed by atoms with E-state index in [4.69, 9.17) is 0 Å². The van der Waals surface area contributed by atoms with Crippen LogP contribution in [0.1, 0.15) is 29.3 Å². The lowest BCUT2D eigenvalue weighted by molar-refractivity contribution is -0.117. The summed E-state index contributed by atoms with van der Waals surface area (Å²) in [5.74, 6) is 0.999. The van der Waals surface area contributed by atoms with Crippen molar-refractivity contribution in [1.29, 1.82) is 0 Å². The predicted molar refractivity (Wildman–Crippen MR) is 117 cm³/mol. The lowest BCUT2D eigenvalue weighted by Gasteiger charge is -2.24. The van der Waals surface area contributed by atoms with E-state index in [0.29, 0.717) is 19.0 Å². The van der Waals surface area contributed by atoms with Crippen LogP contribution in [0.5, 0.6) is 0 Å². The first-order chi connectivity index (χ1) is 13.6. The number of aliphatic imine (C=N–C) groups is 1. The standard InChI is InChI=1S/C21H29N5OS/c1-22-21(24-15-18(25(2)3)19-6-5-13-28-19)23-14-16-8-10-17(11-9-16)26-12-4-7-20(26)27/h5-6,8-11,13,18H,4,7,12,14-15H2,1-3H3,(H2,22,23,24). The van der Waals surface area contributed by atoms with Crippen molar-refractivity contribution < 1.29 is 4.79 Å². The summed E-state index contributed by atoms with van der Waals surface area (Å²) in [6.45, 7) is 2.28. The monoisotopic (exact) mass is 399 g/mol. The van der Waals surface area contributed by atoms with Gasteiger partial charge in [-0.15, -0.1) is 11.3 Å². The minimum atomic E-state index is 0.219. The Labute approximate surface area is 171 Å². The number of carbonyl (C=O) groups excluding carboxylic acids is 1. The maximum absolute atomic E-state index is 11.9. The zero-order chi connectivity index (χ0) is 19.9. The van der Waals surface area contributed by atoms with Crippen LogP contribution in [0.3, 0.4) is 0 Å². The maximum atomic E-state index is 11.9. The van der Waals surface area contributed by atoms with Crippen LogP contribution in [-0.2, 0) is 11.3 Å². The van der Waals surface area contributed by atoms with E-state index >= 15 is 0 Å². The van der Waals surface area contributed by atoms with E-state index in [2.05, 4.69) is 64.3 Å². The largest absolute Gasteiger partial charge is 0.354 e. The van der Waals surface area contributed by atoms with Gasteiger partial charge in [-0.1, -0.05) is 18.2 Å². The van der Waals surface area contributed by atoms with E-state index in [9.17, 15) is 4.79 Å². The van der Waals surface area contributed by atoms with E-state index < -0.39 is 0 Å². The van der Waals surface area contributed by atoms with Crippen molar-refractivity contribution in [1.82, 2.24) is 15.5 Å². The molecule has 3 rings (SSSR count). The fourth-order valence-corrected chi connectivity index (χ4v) is 4.26. The van der Waals surface area contributed by atoms with Crippen LogP contribution in [-0.4, -0.2) is 51.0 Å². The fourth-order valence-electron chi connectivity index (χ4n) is 3.33. The molecular formula is C21H29N5OS. The summed E-state index contributed by atoms with van der Waals surface area (Å²) in [5, 5.41) is 8.90. The second-order valence-corrected chi connectivity index (χ2v) is 8.10. The van der Waals surface area contributed by atoms with Gasteiger partial charge < -0.3 is 20.4 Å². The van der Waals surface area contributed by atoms with Crippen LogP contribution >= 0.6 is 11.3 Å². The number of guanidine groups is 1. The van der Waals surface area contributed by atoms with Gasteiger partial charge >= 0.3 is 0 Å². The number of anilines is 1. The summed E-state index contributed by atoms with van der Waals surface area (Å²) in [6.07, 6.45) is 1.61. The minimum Gasteiger partial charge on any atom is -0.354 e. The Morgan fingerprint density at radius 1 is 1.25 bits per heavy atom. The maximum Gasteiger partial charge on any atom is 0.227 e. The number of hydrogen-bond acceptors (Lipinski definition) is 4. The first kappa shape index (κ1) is 20.4. The Morgan fingerprint density at radius 2 is 2.04 bits per heavy atom. The Balaban J connectivity index is 1.52. The van der Waals surface area contributed by atoms with Crippen LogP contribution in [0.15, 0.2) is 46.8 Å². The Bertz CT molecular complexity index is 786. The van der Waals surface area contributed by atoms with E-state index in [-0.39, 0.29) is 5.91 Å². The van der Waals surface area contributed by atoms with Crippen molar-refractivity contribution in [2.45, 2.75) is 25.4 Å². The average molecular weight is 400 g/mol. The molecule has 1 aromatic carbocycles. The molecule has 1 atom stereocenters. The minimum absolute atomic E-state index is 0.219. The van der Waals surface area contributed by atoms with Gasteiger partial charge in [-0.05, 0) is 49.7 Å². The van der Waals surface area contributed by atoms with E-state index in [0.717, 1.165) is 36.7 Å². The Kier molecular flexibility index (Phi) is 7.06. The molecule has 1 aliphatic heterocycles. The summed E-state index contributed by atoms with van der Waals surface area (Å²) in [7, 11) is 5.97. The molecule has 2 aromatic rings. The number of likely N-dealkylation sites (N-methyl/N-ethyl adjacent to an activating group) is 1. The van der Waals surface area contributed by atoms with Gasteiger partial charge in [0, 0.05) is 43.7 Å². The summed E-state index contributed by atoms with van der Waals surface area (Å²) in [4.78, 5) is 21.6. The number of benzene rings is 1. The molecule has 1 aliphatic rings. The molecule has 1 unspecified atom stereocenters. The summed E-state index contributed by atoms with van der Waals surface area (Å²) < 4.78 is 0. The van der Waals surface area contributed by atoms with Crippen LogP contribution in [0, 0.1) is 0 Å². The molecule has 6 nitrogen and oxygen atoms in total. The first-order valence-corrected chi connectivity index (χ1v) is 10.5. The fraction of sp³-hybridized carbons (Fsp3) is 0.429. The highest BCUT2D eigenvalue weighted by atomic mass is 32.1. The van der Waals surface area contributed by atoms with Crippen LogP contribution in [0.25, 0.3) is 0 Å². The van der Waals surface area contributed by atoms with Gasteiger partial charge in [0.25, 0.3) is 0 Å². The van der Waals surface area contributed by atoms with Crippen molar-refractivity contribution >= 4 is 28.9 Å². The number of nitrogens with one attached hydrogen (secondary N) is 2. The van der Waals surface area contributed by atoms with Gasteiger partial charge in [-0.3, -0.25) is 9.79 Å². The van der Waals surface area contributed by atoms with E-state index in [1.54, 1.807) is 18.4 Å². The van der Waals surface area contributed by atoms with Crippen LogP contribution < -0.4 is 15.5 Å². The summed E-state index contributed by atoms with van der Waals surface area (Å²) in [6, 6.07) is 12.7. The number of thiophene rings is 1. The molecule has 1 saturated heterocycles. The van der Waals surface area contributed by atoms with Crippen molar-refractivity contribution in [2.75, 3.05) is 39.1 Å². The molecule has 0 bridgehead atoms. The highest BCUT2D eigenvalue weighted by molar-refractivity contribution is 7.10. The Hall–Kier alpha value is -2.38. The van der Waals surface area contributed by atoms with Crippen LogP contribution in [0.4, 0.5) is 5.69 Å². The zero-order valence-electron chi connectivity index (χ0n) is 16.8. The van der Waals surface area contributed by atoms with Gasteiger partial charge in [0.05, 0.1) is 6.04 Å². The molecule has 1 fully saturated rings. The lowest BCUT2D eigenvalue weighted by Crippen LogP contribution is -2.41. The molecule has 28 heavy (non-hydrogen) atoms. The average Bonchev–Trinajstić information content (AvgIpc) is 3.36. The molecule has 2 N–H and O–H groups in total. The molecule has 1 amide bonds. The van der Waals surface area contributed by atoms with Gasteiger partial charge in [0.1, 0.15) is 0 Å². The highest BCUT2D eigenvalue weighted by Crippen LogP contribution is 2.23. The lowest BCUT2D eigenvalue weighted by atomic mass is 10.2. The number of rotatable bonds is 7. The molecule has 150 valence electrons. The second kappa shape index (κ2) is 9.71. The van der Waals surface area contributed by atoms with Crippen molar-refractivity contribution in [3.8, 4) is 0 Å². The third-order valence-electron chi connectivity index (χ3n) is 4.96. The number of hydrogen-bond donors (Lipinski definition) is 2. The van der Waals surface area contributed by atoms with Gasteiger partial charge in [0.2, 0.25) is 5.91 Å². The van der Waals surface area contributed by atoms with Crippen LogP contribution in [0.2, 0.25) is 0 Å². The SMILES string of the molecule is CN=C(NCc1ccc(N2CCCC2=O)cc1)NCC(c1cccs1)N(C)C. The first-order valence-electron chi connectivity index (χ1n) is 9.62. The van der Waals surface area contributed by atoms with E-state index in [1.807, 2.05) is 17.0 Å². The van der Waals surface area contributed by atoms with E-state index in [1.165, 1.54) is 4.88 Å². The topological polar surface area (TPSA) is 60.0 Å². The molecule has 0 spiro atoms. The summed E-state index contributed by atoms with van der Waals surface area (Å²) >= 11 is 1.77. The van der Waals surface area contributed by atoms with Crippen molar-refractivity contribution in [3.05, 3.63) is 52.2 Å². The molecule has 0 saturated carbocycles. The number of carbonyl (C=O) groups is 1. The molecule has 0 radical (unpaired) electrons. The number of amides is 1. The van der Waals surface area contributed by atoms with Gasteiger partial charge in [-0.2, -0.15) is 0 Å². The molecular weight excluding hydrogens is 370 g/mol. The predicted octanol–water partition coefficient (Wildman–Crippen LogP) is 2.84. The molecule has 1 aromatic heterocycles. The highest BCUT2D eigenvalue weighted by Gasteiger charge is 2.21. The number of nitrogens with zero attached hydrogens (tertiary/aromatic N) is 3. The molecule has 0 aliphatic carbocycles. The molecule has 2 heterocycles. The van der Waals surface area contributed by atoms with Gasteiger partial charge in [0.15, 0.2) is 5.96 Å². The third kappa shape index (κ3) is 5.11. The van der Waals surface area contributed by atoms with Gasteiger partial charge in [-0.25, -0.2) is 0 Å². The second-order valence-electron chi connectivity index (χ2n) is 7.12. The smallest absolute Gasteiger partial charge is 0.227 e. The van der Waals surface area contributed by atoms with Crippen molar-refractivity contribution in [3.63, 3.8) is 0 Å². The normalized spacial score (nSPS) is 15.9. The Morgan fingerprint density at radius 3 is 2.61 bits per heavy atom.